The Kier molecular flexibility index (Phi) is 4.17. The van der Waals surface area contributed by atoms with Crippen LogP contribution in [-0.4, -0.2) is 22.0 Å². The van der Waals surface area contributed by atoms with E-state index in [1.54, 1.807) is 11.8 Å². The van der Waals surface area contributed by atoms with Crippen LogP contribution in [0.5, 0.6) is 5.75 Å². The minimum Gasteiger partial charge on any atom is -0.497 e. The van der Waals surface area contributed by atoms with Crippen LogP contribution in [0.2, 0.25) is 5.15 Å². The van der Waals surface area contributed by atoms with Gasteiger partial charge >= 0.3 is 0 Å². The van der Waals surface area contributed by atoms with Gasteiger partial charge in [0.2, 0.25) is 0 Å². The quantitative estimate of drug-likeness (QED) is 0.937. The van der Waals surface area contributed by atoms with Crippen molar-refractivity contribution in [2.24, 2.45) is 0 Å². The third kappa shape index (κ3) is 2.65. The number of benzene rings is 1. The molecule has 0 aliphatic heterocycles. The minimum absolute atomic E-state index is 0.0748. The fourth-order valence-electron chi connectivity index (χ4n) is 3.03. The summed E-state index contributed by atoms with van der Waals surface area (Å²) in [6.07, 6.45) is 4.69. The van der Waals surface area contributed by atoms with Crippen LogP contribution >= 0.6 is 11.6 Å². The number of nitrogens with zero attached hydrogens (tertiary/aromatic N) is 2. The van der Waals surface area contributed by atoms with Crippen LogP contribution in [0.1, 0.15) is 42.9 Å². The number of ether oxygens (including phenoxy) is 1. The van der Waals surface area contributed by atoms with Crippen LogP contribution < -0.4 is 4.74 Å². The maximum atomic E-state index is 9.66. The number of hydrogen-bond donors (Lipinski definition) is 1. The summed E-state index contributed by atoms with van der Waals surface area (Å²) in [5.74, 6) is 1.17. The summed E-state index contributed by atoms with van der Waals surface area (Å²) in [7, 11) is 1.63. The Balaban J connectivity index is 2.05. The summed E-state index contributed by atoms with van der Waals surface area (Å²) in [4.78, 5) is 0. The first kappa shape index (κ1) is 14.4. The van der Waals surface area contributed by atoms with Crippen molar-refractivity contribution < 1.29 is 9.84 Å². The zero-order chi connectivity index (χ0) is 14.8. The standard InChI is InChI=1S/C16H19ClN2O2/c1-21-13-8-4-7-12(9-13)19-16(17)14(10-20)15(18-19)11-5-2-3-6-11/h4,7-9,11,20H,2-3,5-6,10H2,1H3. The van der Waals surface area contributed by atoms with E-state index in [1.807, 2.05) is 24.3 Å². The number of hydrogen-bond acceptors (Lipinski definition) is 3. The average Bonchev–Trinajstić information content (AvgIpc) is 3.14. The molecule has 1 heterocycles. The average molecular weight is 307 g/mol. The first-order valence-electron chi connectivity index (χ1n) is 7.27. The van der Waals surface area contributed by atoms with Crippen LogP contribution in [0.4, 0.5) is 0 Å². The number of halogens is 1. The number of aliphatic hydroxyl groups excluding tert-OH is 1. The zero-order valence-corrected chi connectivity index (χ0v) is 12.8. The van der Waals surface area contributed by atoms with E-state index in [4.69, 9.17) is 16.3 Å². The lowest BCUT2D eigenvalue weighted by Gasteiger charge is -2.07. The lowest BCUT2D eigenvalue weighted by atomic mass is 10.0. The molecular weight excluding hydrogens is 288 g/mol. The van der Waals surface area contributed by atoms with Gasteiger partial charge in [0.15, 0.2) is 0 Å². The van der Waals surface area contributed by atoms with Crippen molar-refractivity contribution in [3.05, 3.63) is 40.7 Å². The summed E-state index contributed by atoms with van der Waals surface area (Å²) in [5.41, 5.74) is 2.55. The lowest BCUT2D eigenvalue weighted by Crippen LogP contribution is -2.00. The predicted octanol–water partition coefficient (Wildman–Crippen LogP) is 3.68. The smallest absolute Gasteiger partial charge is 0.138 e. The Morgan fingerprint density at radius 1 is 1.38 bits per heavy atom. The number of aromatic nitrogens is 2. The maximum Gasteiger partial charge on any atom is 0.138 e. The second kappa shape index (κ2) is 6.08. The number of rotatable bonds is 4. The molecule has 5 heteroatoms. The van der Waals surface area contributed by atoms with E-state index in [-0.39, 0.29) is 6.61 Å². The summed E-state index contributed by atoms with van der Waals surface area (Å²) < 4.78 is 6.94. The molecule has 0 saturated heterocycles. The summed E-state index contributed by atoms with van der Waals surface area (Å²) in [6, 6.07) is 7.60. The van der Waals surface area contributed by atoms with Crippen molar-refractivity contribution in [2.75, 3.05) is 7.11 Å². The SMILES string of the molecule is COc1cccc(-n2nc(C3CCCC3)c(CO)c2Cl)c1. The Labute approximate surface area is 129 Å². The topological polar surface area (TPSA) is 47.3 Å². The fraction of sp³-hybridized carbons (Fsp3) is 0.438. The third-order valence-corrected chi connectivity index (χ3v) is 4.54. The van der Waals surface area contributed by atoms with Gasteiger partial charge in [-0.1, -0.05) is 30.5 Å². The van der Waals surface area contributed by atoms with Crippen molar-refractivity contribution in [1.82, 2.24) is 9.78 Å². The molecule has 112 valence electrons. The van der Waals surface area contributed by atoms with Crippen LogP contribution in [0.3, 0.4) is 0 Å². The molecule has 1 aliphatic carbocycles. The molecule has 1 aromatic carbocycles. The highest BCUT2D eigenvalue weighted by atomic mass is 35.5. The van der Waals surface area contributed by atoms with Crippen molar-refractivity contribution in [1.29, 1.82) is 0 Å². The van der Waals surface area contributed by atoms with Gasteiger partial charge in [-0.15, -0.1) is 0 Å². The molecule has 4 nitrogen and oxygen atoms in total. The Morgan fingerprint density at radius 2 is 2.14 bits per heavy atom. The van der Waals surface area contributed by atoms with Gasteiger partial charge in [0.1, 0.15) is 10.9 Å². The maximum absolute atomic E-state index is 9.66. The third-order valence-electron chi connectivity index (χ3n) is 4.15. The molecule has 2 aromatic rings. The molecule has 21 heavy (non-hydrogen) atoms. The van der Waals surface area contributed by atoms with E-state index in [1.165, 1.54) is 12.8 Å². The van der Waals surface area contributed by atoms with Crippen molar-refractivity contribution in [3.8, 4) is 11.4 Å². The van der Waals surface area contributed by atoms with Crippen molar-refractivity contribution in [2.45, 2.75) is 38.2 Å². The van der Waals surface area contributed by atoms with Crippen LogP contribution in [-0.2, 0) is 6.61 Å². The normalized spacial score (nSPS) is 15.6. The monoisotopic (exact) mass is 306 g/mol. The van der Waals surface area contributed by atoms with Gasteiger partial charge in [-0.2, -0.15) is 5.10 Å². The van der Waals surface area contributed by atoms with Crippen molar-refractivity contribution in [3.63, 3.8) is 0 Å². The lowest BCUT2D eigenvalue weighted by molar-refractivity contribution is 0.280. The second-order valence-corrected chi connectivity index (χ2v) is 5.77. The van der Waals surface area contributed by atoms with Gasteiger partial charge in [0.25, 0.3) is 0 Å². The van der Waals surface area contributed by atoms with Gasteiger partial charge in [0, 0.05) is 17.5 Å². The molecule has 0 bridgehead atoms. The molecule has 1 N–H and O–H groups in total. The molecule has 3 rings (SSSR count). The molecule has 1 aromatic heterocycles. The molecule has 0 unspecified atom stereocenters. The molecule has 1 saturated carbocycles. The molecule has 0 atom stereocenters. The van der Waals surface area contributed by atoms with Crippen LogP contribution in [0.15, 0.2) is 24.3 Å². The zero-order valence-electron chi connectivity index (χ0n) is 12.1. The van der Waals surface area contributed by atoms with Gasteiger partial charge in [-0.25, -0.2) is 4.68 Å². The highest BCUT2D eigenvalue weighted by molar-refractivity contribution is 6.30. The van der Waals surface area contributed by atoms with Crippen LogP contribution in [0.25, 0.3) is 5.69 Å². The molecule has 0 amide bonds. The van der Waals surface area contributed by atoms with Crippen LogP contribution in [0, 0.1) is 0 Å². The van der Waals surface area contributed by atoms with Gasteiger partial charge in [0.05, 0.1) is 25.1 Å². The van der Waals surface area contributed by atoms with E-state index in [2.05, 4.69) is 5.10 Å². The number of methoxy groups -OCH3 is 1. The fourth-order valence-corrected chi connectivity index (χ4v) is 3.32. The molecular formula is C16H19ClN2O2. The number of aliphatic hydroxyl groups is 1. The molecule has 0 spiro atoms. The minimum atomic E-state index is -0.0748. The second-order valence-electron chi connectivity index (χ2n) is 5.41. The highest BCUT2D eigenvalue weighted by Gasteiger charge is 2.26. The largest absolute Gasteiger partial charge is 0.497 e. The van der Waals surface area contributed by atoms with Gasteiger partial charge in [-0.05, 0) is 25.0 Å². The molecule has 0 radical (unpaired) electrons. The summed E-state index contributed by atoms with van der Waals surface area (Å²) in [5, 5.41) is 14.8. The van der Waals surface area contributed by atoms with E-state index >= 15 is 0 Å². The Morgan fingerprint density at radius 3 is 2.81 bits per heavy atom. The summed E-state index contributed by atoms with van der Waals surface area (Å²) >= 11 is 6.44. The van der Waals surface area contributed by atoms with E-state index in [0.29, 0.717) is 11.1 Å². The molecule has 1 aliphatic rings. The Hall–Kier alpha value is -1.52. The van der Waals surface area contributed by atoms with Gasteiger partial charge in [-0.3, -0.25) is 0 Å². The first-order chi connectivity index (χ1) is 10.2. The predicted molar refractivity (Wildman–Crippen MR) is 82.3 cm³/mol. The van der Waals surface area contributed by atoms with E-state index in [0.717, 1.165) is 35.5 Å². The van der Waals surface area contributed by atoms with Gasteiger partial charge < -0.3 is 9.84 Å². The highest BCUT2D eigenvalue weighted by Crippen LogP contribution is 2.38. The van der Waals surface area contributed by atoms with E-state index < -0.39 is 0 Å². The van der Waals surface area contributed by atoms with E-state index in [9.17, 15) is 5.11 Å². The molecule has 1 fully saturated rings. The van der Waals surface area contributed by atoms with Crippen molar-refractivity contribution >= 4 is 11.6 Å². The first-order valence-corrected chi connectivity index (χ1v) is 7.65. The Bertz CT molecular complexity index is 633. The summed E-state index contributed by atoms with van der Waals surface area (Å²) in [6.45, 7) is -0.0748.